The normalized spacial score (nSPS) is 20.2. The summed E-state index contributed by atoms with van der Waals surface area (Å²) in [4.78, 5) is 34.1. The van der Waals surface area contributed by atoms with Gasteiger partial charge in [-0.2, -0.15) is 5.10 Å². The second kappa shape index (κ2) is 10.4. The summed E-state index contributed by atoms with van der Waals surface area (Å²) >= 11 is 0. The molecule has 40 heavy (non-hydrogen) atoms. The molecule has 2 aliphatic heterocycles. The van der Waals surface area contributed by atoms with Crippen LogP contribution in [0, 0.1) is 0 Å². The first-order valence-corrected chi connectivity index (χ1v) is 14.3. The topological polar surface area (TPSA) is 113 Å². The molecule has 2 amide bonds. The number of nitrogens with one attached hydrogen (secondary N) is 1. The number of anilines is 2. The van der Waals surface area contributed by atoms with Gasteiger partial charge < -0.3 is 25.0 Å². The highest BCUT2D eigenvalue weighted by atomic mass is 16.6. The van der Waals surface area contributed by atoms with Crippen LogP contribution in [0.3, 0.4) is 0 Å². The van der Waals surface area contributed by atoms with E-state index >= 15 is 0 Å². The Hall–Kier alpha value is -3.66. The van der Waals surface area contributed by atoms with Crippen molar-refractivity contribution >= 4 is 34.4 Å². The van der Waals surface area contributed by atoms with E-state index in [1.807, 2.05) is 54.7 Å². The zero-order chi connectivity index (χ0) is 28.0. The summed E-state index contributed by atoms with van der Waals surface area (Å²) in [7, 11) is 0. The summed E-state index contributed by atoms with van der Waals surface area (Å²) < 4.78 is 7.56. The highest BCUT2D eigenvalue weighted by Crippen LogP contribution is 2.45. The summed E-state index contributed by atoms with van der Waals surface area (Å²) in [5.74, 6) is 0.887. The maximum atomic E-state index is 13.3. The molecule has 1 saturated carbocycles. The van der Waals surface area contributed by atoms with Crippen LogP contribution in [0.5, 0.6) is 0 Å². The summed E-state index contributed by atoms with van der Waals surface area (Å²) in [6, 6.07) is 9.78. The van der Waals surface area contributed by atoms with Crippen molar-refractivity contribution < 1.29 is 19.4 Å². The molecule has 2 saturated heterocycles. The van der Waals surface area contributed by atoms with Crippen molar-refractivity contribution in [1.29, 1.82) is 0 Å². The Morgan fingerprint density at radius 2 is 1.82 bits per heavy atom. The number of benzene rings is 1. The van der Waals surface area contributed by atoms with Gasteiger partial charge in [-0.15, -0.1) is 0 Å². The zero-order valence-corrected chi connectivity index (χ0v) is 23.5. The molecule has 2 aromatic heterocycles. The van der Waals surface area contributed by atoms with Crippen LogP contribution in [-0.2, 0) is 4.74 Å². The van der Waals surface area contributed by atoms with Gasteiger partial charge in [-0.1, -0.05) is 6.07 Å². The van der Waals surface area contributed by atoms with Crippen molar-refractivity contribution in [2.45, 2.75) is 76.5 Å². The lowest BCUT2D eigenvalue weighted by Gasteiger charge is -2.33. The fourth-order valence-corrected chi connectivity index (χ4v) is 5.64. The minimum Gasteiger partial charge on any atom is -0.444 e. The number of hydrogen-bond donors (Lipinski definition) is 2. The van der Waals surface area contributed by atoms with E-state index in [1.54, 1.807) is 11.0 Å². The lowest BCUT2D eigenvalue weighted by Crippen LogP contribution is -2.42. The quantitative estimate of drug-likeness (QED) is 0.477. The number of nitrogens with zero attached hydrogens (tertiary/aromatic N) is 5. The average molecular weight is 547 g/mol. The number of hydrogen-bond acceptors (Lipinski definition) is 7. The first-order valence-electron chi connectivity index (χ1n) is 14.3. The number of β-amino-alcohol motifs (C(OH)–C–C–N with tert-alkyl or cyclic N) is 1. The second-order valence-corrected chi connectivity index (χ2v) is 12.3. The molecular formula is C30H38N6O4. The van der Waals surface area contributed by atoms with Gasteiger partial charge in [0.2, 0.25) is 0 Å². The van der Waals surface area contributed by atoms with Crippen LogP contribution in [0.2, 0.25) is 0 Å². The smallest absolute Gasteiger partial charge is 0.410 e. The summed E-state index contributed by atoms with van der Waals surface area (Å²) in [6.45, 7) is 8.17. The molecular weight excluding hydrogens is 508 g/mol. The van der Waals surface area contributed by atoms with Gasteiger partial charge >= 0.3 is 6.09 Å². The van der Waals surface area contributed by atoms with Crippen molar-refractivity contribution in [2.75, 3.05) is 36.4 Å². The number of amides is 2. The first kappa shape index (κ1) is 26.6. The Balaban J connectivity index is 1.18. The predicted octanol–water partition coefficient (Wildman–Crippen LogP) is 4.70. The number of pyridine rings is 1. The molecule has 1 aliphatic carbocycles. The third kappa shape index (κ3) is 5.77. The lowest BCUT2D eigenvalue weighted by molar-refractivity contribution is 0.0185. The molecule has 3 aromatic rings. The van der Waals surface area contributed by atoms with Gasteiger partial charge in [-0.3, -0.25) is 9.48 Å². The van der Waals surface area contributed by atoms with E-state index in [0.717, 1.165) is 54.4 Å². The van der Waals surface area contributed by atoms with E-state index in [2.05, 4.69) is 16.4 Å². The summed E-state index contributed by atoms with van der Waals surface area (Å²) in [5.41, 5.74) is 2.69. The first-order chi connectivity index (χ1) is 19.1. The summed E-state index contributed by atoms with van der Waals surface area (Å²) in [6.07, 6.45) is 5.96. The van der Waals surface area contributed by atoms with Crippen molar-refractivity contribution in [2.24, 2.45) is 0 Å². The number of rotatable bonds is 5. The Labute approximate surface area is 234 Å². The Bertz CT molecular complexity index is 1420. The molecule has 1 atom stereocenters. The molecule has 3 fully saturated rings. The highest BCUT2D eigenvalue weighted by molar-refractivity contribution is 6.04. The predicted molar refractivity (Wildman–Crippen MR) is 153 cm³/mol. The van der Waals surface area contributed by atoms with Gasteiger partial charge in [0, 0.05) is 43.4 Å². The SMILES string of the molecule is CC(C)(C)OC(=O)N1CCC(n2cc3cc(NC(=O)c4cccc(N5CC[C@@H](O)C5)n4)c(C4CC4)cc3n2)CC1. The van der Waals surface area contributed by atoms with Crippen molar-refractivity contribution in [3.63, 3.8) is 0 Å². The van der Waals surface area contributed by atoms with Gasteiger partial charge in [0.05, 0.1) is 17.7 Å². The Morgan fingerprint density at radius 1 is 1.05 bits per heavy atom. The number of likely N-dealkylation sites (tertiary alicyclic amines) is 1. The van der Waals surface area contributed by atoms with E-state index in [9.17, 15) is 14.7 Å². The Morgan fingerprint density at radius 3 is 2.50 bits per heavy atom. The molecule has 0 bridgehead atoms. The number of fused-ring (bicyclic) bond motifs is 1. The third-order valence-electron chi connectivity index (χ3n) is 7.90. The molecule has 1 aromatic carbocycles. The molecule has 0 spiro atoms. The molecule has 3 aliphatic rings. The second-order valence-electron chi connectivity index (χ2n) is 12.3. The molecule has 212 valence electrons. The van der Waals surface area contributed by atoms with E-state index in [-0.39, 0.29) is 24.1 Å². The summed E-state index contributed by atoms with van der Waals surface area (Å²) in [5, 5.41) is 18.9. The number of piperidine rings is 1. The van der Waals surface area contributed by atoms with Crippen LogP contribution in [0.4, 0.5) is 16.3 Å². The van der Waals surface area contributed by atoms with Gasteiger partial charge in [0.25, 0.3) is 5.91 Å². The molecule has 6 rings (SSSR count). The maximum absolute atomic E-state index is 13.3. The molecule has 0 radical (unpaired) electrons. The van der Waals surface area contributed by atoms with E-state index in [4.69, 9.17) is 9.84 Å². The highest BCUT2D eigenvalue weighted by Gasteiger charge is 2.30. The van der Waals surface area contributed by atoms with Gasteiger partial charge in [0.1, 0.15) is 17.1 Å². The molecule has 10 nitrogen and oxygen atoms in total. The van der Waals surface area contributed by atoms with Gasteiger partial charge in [-0.05, 0) is 88.6 Å². The van der Waals surface area contributed by atoms with E-state index in [1.165, 1.54) is 0 Å². The Kier molecular flexibility index (Phi) is 6.90. The van der Waals surface area contributed by atoms with E-state index in [0.29, 0.717) is 43.5 Å². The number of aromatic nitrogens is 3. The van der Waals surface area contributed by atoms with Crippen LogP contribution in [0.15, 0.2) is 36.5 Å². The maximum Gasteiger partial charge on any atom is 0.410 e. The molecule has 10 heteroatoms. The fraction of sp³-hybridized carbons (Fsp3) is 0.533. The largest absolute Gasteiger partial charge is 0.444 e. The number of ether oxygens (including phenoxy) is 1. The van der Waals surface area contributed by atoms with Crippen molar-refractivity contribution in [1.82, 2.24) is 19.7 Å². The minimum absolute atomic E-state index is 0.199. The van der Waals surface area contributed by atoms with E-state index < -0.39 is 5.60 Å². The monoisotopic (exact) mass is 546 g/mol. The number of carbonyl (C=O) groups is 2. The fourth-order valence-electron chi connectivity index (χ4n) is 5.64. The average Bonchev–Trinajstić information content (AvgIpc) is 3.54. The number of aliphatic hydroxyl groups is 1. The standard InChI is InChI=1S/C30H38N6O4/c1-30(2,3)40-29(39)34-12-9-21(10-13-34)36-17-20-15-26(23(19-7-8-19)16-25(20)33-36)32-28(38)24-5-4-6-27(31-24)35-14-11-22(37)18-35/h4-6,15-17,19,21-22,37H,7-14,18H2,1-3H3,(H,32,38)/t22-/m1/s1. The van der Waals surface area contributed by atoms with Crippen LogP contribution in [0.1, 0.15) is 80.9 Å². The van der Waals surface area contributed by atoms with Crippen LogP contribution in [0.25, 0.3) is 10.9 Å². The third-order valence-corrected chi connectivity index (χ3v) is 7.90. The van der Waals surface area contributed by atoms with Crippen molar-refractivity contribution in [3.05, 3.63) is 47.8 Å². The van der Waals surface area contributed by atoms with Gasteiger partial charge in [-0.25, -0.2) is 9.78 Å². The number of aliphatic hydroxyl groups excluding tert-OH is 1. The number of carbonyl (C=O) groups excluding carboxylic acids is 2. The zero-order valence-electron chi connectivity index (χ0n) is 23.5. The molecule has 0 unspecified atom stereocenters. The van der Waals surface area contributed by atoms with Crippen LogP contribution >= 0.6 is 0 Å². The van der Waals surface area contributed by atoms with Crippen molar-refractivity contribution in [3.8, 4) is 0 Å². The molecule has 4 heterocycles. The molecule has 2 N–H and O–H groups in total. The van der Waals surface area contributed by atoms with Crippen LogP contribution < -0.4 is 10.2 Å². The minimum atomic E-state index is -0.504. The van der Waals surface area contributed by atoms with Gasteiger partial charge in [0.15, 0.2) is 0 Å². The lowest BCUT2D eigenvalue weighted by atomic mass is 10.1. The van der Waals surface area contributed by atoms with Crippen LogP contribution in [-0.4, -0.2) is 74.7 Å².